The van der Waals surface area contributed by atoms with Gasteiger partial charge in [-0.05, 0) is 25.5 Å². The van der Waals surface area contributed by atoms with Gasteiger partial charge in [-0.1, -0.05) is 0 Å². The molecule has 1 N–H and O–H groups in total. The zero-order valence-electron chi connectivity index (χ0n) is 12.2. The Morgan fingerprint density at radius 3 is 2.71 bits per heavy atom. The first-order chi connectivity index (χ1) is 9.85. The Morgan fingerprint density at radius 1 is 1.38 bits per heavy atom. The van der Waals surface area contributed by atoms with Crippen LogP contribution in [0.3, 0.4) is 0 Å². The summed E-state index contributed by atoms with van der Waals surface area (Å²) in [5.74, 6) is 1.15. The Balaban J connectivity index is 1.74. The third-order valence-electron chi connectivity index (χ3n) is 3.94. The number of alkyl halides is 3. The molecule has 0 aliphatic carbocycles. The Labute approximate surface area is 127 Å². The Hall–Kier alpha value is -0.630. The summed E-state index contributed by atoms with van der Waals surface area (Å²) in [6.45, 7) is 2.46. The average Bonchev–Trinajstić information content (AvgIpc) is 2.90. The maximum absolute atomic E-state index is 12.4. The molecular formula is C13H22F3N3OS. The van der Waals surface area contributed by atoms with Crippen molar-refractivity contribution < 1.29 is 18.0 Å². The molecule has 2 atom stereocenters. The summed E-state index contributed by atoms with van der Waals surface area (Å²) in [5, 5.41) is 3.39. The molecule has 2 aliphatic rings. The van der Waals surface area contributed by atoms with Crippen molar-refractivity contribution in [2.24, 2.45) is 0 Å². The van der Waals surface area contributed by atoms with Crippen molar-refractivity contribution in [1.82, 2.24) is 15.1 Å². The molecule has 0 saturated carbocycles. The third-order valence-corrected chi connectivity index (χ3v) is 5.34. The van der Waals surface area contributed by atoms with Crippen LogP contribution < -0.4 is 5.32 Å². The minimum Gasteiger partial charge on any atom is -0.337 e. The number of amides is 2. The molecule has 8 heteroatoms. The van der Waals surface area contributed by atoms with Gasteiger partial charge < -0.3 is 10.2 Å². The number of halogens is 3. The van der Waals surface area contributed by atoms with Gasteiger partial charge in [0.15, 0.2) is 0 Å². The van der Waals surface area contributed by atoms with Crippen LogP contribution in [0.1, 0.15) is 19.8 Å². The Kier molecular flexibility index (Phi) is 5.65. The molecule has 0 spiro atoms. The maximum Gasteiger partial charge on any atom is 0.401 e. The van der Waals surface area contributed by atoms with Crippen molar-refractivity contribution in [3.63, 3.8) is 0 Å². The lowest BCUT2D eigenvalue weighted by Gasteiger charge is -2.40. The van der Waals surface area contributed by atoms with Gasteiger partial charge in [0, 0.05) is 37.5 Å². The second kappa shape index (κ2) is 7.09. The Bertz CT molecular complexity index is 361. The van der Waals surface area contributed by atoms with Crippen molar-refractivity contribution in [2.45, 2.75) is 37.2 Å². The van der Waals surface area contributed by atoms with E-state index in [0.29, 0.717) is 24.9 Å². The summed E-state index contributed by atoms with van der Waals surface area (Å²) < 4.78 is 37.3. The highest BCUT2D eigenvalue weighted by Crippen LogP contribution is 2.25. The van der Waals surface area contributed by atoms with Crippen LogP contribution in [0.2, 0.25) is 0 Å². The molecule has 21 heavy (non-hydrogen) atoms. The molecule has 4 nitrogen and oxygen atoms in total. The fourth-order valence-corrected chi connectivity index (χ4v) is 3.96. The van der Waals surface area contributed by atoms with Gasteiger partial charge in [-0.25, -0.2) is 4.79 Å². The van der Waals surface area contributed by atoms with Crippen LogP contribution >= 0.6 is 11.8 Å². The lowest BCUT2D eigenvalue weighted by Crippen LogP contribution is -2.57. The van der Waals surface area contributed by atoms with Crippen molar-refractivity contribution in [2.75, 3.05) is 38.5 Å². The normalized spacial score (nSPS) is 27.9. The smallest absolute Gasteiger partial charge is 0.337 e. The Morgan fingerprint density at radius 2 is 2.14 bits per heavy atom. The molecule has 0 unspecified atom stereocenters. The number of carbonyl (C=O) groups excluding carboxylic acids is 1. The van der Waals surface area contributed by atoms with E-state index < -0.39 is 12.7 Å². The monoisotopic (exact) mass is 325 g/mol. The summed E-state index contributed by atoms with van der Waals surface area (Å²) in [6, 6.07) is -0.423. The average molecular weight is 325 g/mol. The van der Waals surface area contributed by atoms with Crippen LogP contribution in [-0.2, 0) is 0 Å². The summed E-state index contributed by atoms with van der Waals surface area (Å²) in [4.78, 5) is 15.1. The molecule has 2 fully saturated rings. The molecule has 0 radical (unpaired) electrons. The van der Waals surface area contributed by atoms with Gasteiger partial charge in [0.05, 0.1) is 6.54 Å². The predicted octanol–water partition coefficient (Wildman–Crippen LogP) is 2.16. The van der Waals surface area contributed by atoms with Gasteiger partial charge in [-0.2, -0.15) is 24.9 Å². The summed E-state index contributed by atoms with van der Waals surface area (Å²) in [7, 11) is 0. The van der Waals surface area contributed by atoms with Crippen LogP contribution in [0.4, 0.5) is 18.0 Å². The first-order valence-electron chi connectivity index (χ1n) is 7.30. The van der Waals surface area contributed by atoms with Gasteiger partial charge in [0.25, 0.3) is 0 Å². The second-order valence-corrected chi connectivity index (χ2v) is 7.11. The van der Waals surface area contributed by atoms with Crippen LogP contribution in [0.25, 0.3) is 0 Å². The van der Waals surface area contributed by atoms with Gasteiger partial charge in [-0.15, -0.1) is 0 Å². The van der Waals surface area contributed by atoms with E-state index in [1.165, 1.54) is 11.3 Å². The van der Waals surface area contributed by atoms with Crippen molar-refractivity contribution in [1.29, 1.82) is 0 Å². The van der Waals surface area contributed by atoms with Crippen molar-refractivity contribution >= 4 is 17.8 Å². The van der Waals surface area contributed by atoms with Gasteiger partial charge >= 0.3 is 12.2 Å². The predicted molar refractivity (Wildman–Crippen MR) is 77.5 cm³/mol. The van der Waals surface area contributed by atoms with E-state index in [2.05, 4.69) is 5.32 Å². The van der Waals surface area contributed by atoms with E-state index in [4.69, 9.17) is 0 Å². The zero-order valence-corrected chi connectivity index (χ0v) is 13.0. The molecule has 2 heterocycles. The fraction of sp³-hybridized carbons (Fsp3) is 0.923. The van der Waals surface area contributed by atoms with Crippen LogP contribution in [0, 0.1) is 0 Å². The number of urea groups is 1. The molecular weight excluding hydrogens is 303 g/mol. The van der Waals surface area contributed by atoms with Crippen molar-refractivity contribution in [3.8, 4) is 0 Å². The molecule has 2 saturated heterocycles. The fourth-order valence-electron chi connectivity index (χ4n) is 2.76. The van der Waals surface area contributed by atoms with E-state index in [1.807, 2.05) is 11.8 Å². The number of nitrogens with zero attached hydrogens (tertiary/aromatic N) is 2. The standard InChI is InChI=1S/C13H22F3N3OS/c1-10-8-18(4-5-19(10)9-13(14,15)16)12(20)17-7-11-3-2-6-21-11/h10-11H,2-9H2,1H3,(H,17,20)/t10-,11+/m0/s1. The number of thioether (sulfide) groups is 1. The highest BCUT2D eigenvalue weighted by Gasteiger charge is 2.36. The van der Waals surface area contributed by atoms with E-state index in [1.54, 1.807) is 11.8 Å². The van der Waals surface area contributed by atoms with Gasteiger partial charge in [-0.3, -0.25) is 4.90 Å². The van der Waals surface area contributed by atoms with Crippen LogP contribution in [-0.4, -0.2) is 71.8 Å². The maximum atomic E-state index is 12.4. The molecule has 2 rings (SSSR count). The number of hydrogen-bond donors (Lipinski definition) is 1. The SMILES string of the molecule is C[C@H]1CN(C(=O)NC[C@H]2CCCS2)CCN1CC(F)(F)F. The van der Waals surface area contributed by atoms with Crippen LogP contribution in [0.5, 0.6) is 0 Å². The minimum atomic E-state index is -4.18. The molecule has 0 aromatic carbocycles. The van der Waals surface area contributed by atoms with E-state index >= 15 is 0 Å². The number of rotatable bonds is 3. The van der Waals surface area contributed by atoms with E-state index in [-0.39, 0.29) is 18.6 Å². The summed E-state index contributed by atoms with van der Waals surface area (Å²) in [6.07, 6.45) is -1.86. The number of carbonyl (C=O) groups is 1. The first-order valence-corrected chi connectivity index (χ1v) is 8.35. The largest absolute Gasteiger partial charge is 0.401 e. The molecule has 2 amide bonds. The number of nitrogens with one attached hydrogen (secondary N) is 1. The molecule has 0 bridgehead atoms. The minimum absolute atomic E-state index is 0.152. The van der Waals surface area contributed by atoms with Crippen molar-refractivity contribution in [3.05, 3.63) is 0 Å². The van der Waals surface area contributed by atoms with E-state index in [0.717, 1.165) is 12.2 Å². The topological polar surface area (TPSA) is 35.6 Å². The second-order valence-electron chi connectivity index (χ2n) is 5.70. The third kappa shape index (κ3) is 5.25. The first kappa shape index (κ1) is 16.7. The molecule has 2 aliphatic heterocycles. The van der Waals surface area contributed by atoms with E-state index in [9.17, 15) is 18.0 Å². The molecule has 0 aromatic heterocycles. The molecule has 122 valence electrons. The number of piperazine rings is 1. The lowest BCUT2D eigenvalue weighted by atomic mass is 10.2. The highest BCUT2D eigenvalue weighted by atomic mass is 32.2. The molecule has 0 aromatic rings. The quantitative estimate of drug-likeness (QED) is 0.864. The van der Waals surface area contributed by atoms with Crippen LogP contribution in [0.15, 0.2) is 0 Å². The zero-order chi connectivity index (χ0) is 15.5. The van der Waals surface area contributed by atoms with Gasteiger partial charge in [0.1, 0.15) is 0 Å². The lowest BCUT2D eigenvalue weighted by molar-refractivity contribution is -0.153. The summed E-state index contributed by atoms with van der Waals surface area (Å²) in [5.41, 5.74) is 0. The number of hydrogen-bond acceptors (Lipinski definition) is 3. The van der Waals surface area contributed by atoms with Gasteiger partial charge in [0.2, 0.25) is 0 Å². The summed E-state index contributed by atoms with van der Waals surface area (Å²) >= 11 is 1.87. The highest BCUT2D eigenvalue weighted by molar-refractivity contribution is 8.00.